The number of nitrogens with zero attached hydrogens (tertiary/aromatic N) is 2. The summed E-state index contributed by atoms with van der Waals surface area (Å²) in [5.41, 5.74) is 0.316. The van der Waals surface area contributed by atoms with Crippen LogP contribution in [0, 0.1) is 5.82 Å². The van der Waals surface area contributed by atoms with Crippen molar-refractivity contribution in [3.8, 4) is 17.1 Å². The van der Waals surface area contributed by atoms with Crippen LogP contribution in [0.5, 0.6) is 5.75 Å². The van der Waals surface area contributed by atoms with Crippen LogP contribution in [-0.4, -0.2) is 23.8 Å². The van der Waals surface area contributed by atoms with E-state index in [1.165, 1.54) is 13.2 Å². The lowest BCUT2D eigenvalue weighted by Gasteiger charge is -2.19. The summed E-state index contributed by atoms with van der Waals surface area (Å²) in [6, 6.07) is 4.65. The van der Waals surface area contributed by atoms with Gasteiger partial charge in [0.25, 0.3) is 0 Å². The number of nitrogens with one attached hydrogen (secondary N) is 1. The maximum Gasteiger partial charge on any atom is 0.244 e. The molecule has 3 rings (SSSR count). The van der Waals surface area contributed by atoms with Crippen molar-refractivity contribution in [2.24, 2.45) is 0 Å². The number of halogens is 1. The van der Waals surface area contributed by atoms with Gasteiger partial charge in [-0.2, -0.15) is 4.98 Å². The van der Waals surface area contributed by atoms with Crippen LogP contribution >= 0.6 is 0 Å². The molecule has 6 heteroatoms. The van der Waals surface area contributed by atoms with Crippen molar-refractivity contribution in [3.05, 3.63) is 29.9 Å². The highest BCUT2D eigenvalue weighted by atomic mass is 19.1. The number of benzene rings is 1. The van der Waals surface area contributed by atoms with Gasteiger partial charge in [0.1, 0.15) is 11.6 Å². The summed E-state index contributed by atoms with van der Waals surface area (Å²) < 4.78 is 24.2. The van der Waals surface area contributed by atoms with Crippen LogP contribution in [0.2, 0.25) is 0 Å². The average Bonchev–Trinajstić information content (AvgIpc) is 2.97. The van der Waals surface area contributed by atoms with Crippen LogP contribution in [0.25, 0.3) is 11.4 Å². The van der Waals surface area contributed by atoms with Crippen molar-refractivity contribution in [3.63, 3.8) is 0 Å². The minimum Gasteiger partial charge on any atom is -0.497 e. The predicted molar refractivity (Wildman–Crippen MR) is 70.8 cm³/mol. The first-order valence-corrected chi connectivity index (χ1v) is 6.69. The summed E-state index contributed by atoms with van der Waals surface area (Å²) in [6.07, 6.45) is 3.25. The lowest BCUT2D eigenvalue weighted by molar-refractivity contribution is 0.297. The molecule has 0 spiro atoms. The number of methoxy groups -OCH3 is 1. The van der Waals surface area contributed by atoms with Crippen LogP contribution in [0.3, 0.4) is 0 Å². The summed E-state index contributed by atoms with van der Waals surface area (Å²) in [4.78, 5) is 4.30. The zero-order valence-electron chi connectivity index (χ0n) is 11.2. The molecule has 1 atom stereocenters. The smallest absolute Gasteiger partial charge is 0.244 e. The van der Waals surface area contributed by atoms with Gasteiger partial charge in [-0.05, 0) is 31.5 Å². The molecule has 1 saturated heterocycles. The van der Waals surface area contributed by atoms with E-state index < -0.39 is 5.82 Å². The number of hydrogen-bond donors (Lipinski definition) is 1. The van der Waals surface area contributed by atoms with E-state index >= 15 is 0 Å². The van der Waals surface area contributed by atoms with Crippen molar-refractivity contribution in [1.29, 1.82) is 0 Å². The normalized spacial score (nSPS) is 19.0. The van der Waals surface area contributed by atoms with E-state index in [0.29, 0.717) is 17.2 Å². The summed E-state index contributed by atoms with van der Waals surface area (Å²) in [5.74, 6) is 0.833. The van der Waals surface area contributed by atoms with Crippen LogP contribution in [0.1, 0.15) is 31.2 Å². The Balaban J connectivity index is 1.85. The fourth-order valence-electron chi connectivity index (χ4n) is 2.35. The molecule has 0 radical (unpaired) electrons. The Kier molecular flexibility index (Phi) is 3.64. The second-order valence-electron chi connectivity index (χ2n) is 4.80. The quantitative estimate of drug-likeness (QED) is 0.934. The molecule has 2 aromatic rings. The van der Waals surface area contributed by atoms with Gasteiger partial charge in [0.15, 0.2) is 0 Å². The Morgan fingerprint density at radius 3 is 3.00 bits per heavy atom. The first-order valence-electron chi connectivity index (χ1n) is 6.69. The van der Waals surface area contributed by atoms with E-state index in [4.69, 9.17) is 9.26 Å². The van der Waals surface area contributed by atoms with Gasteiger partial charge in [0.2, 0.25) is 11.7 Å². The number of aromatic nitrogens is 2. The molecule has 1 aromatic carbocycles. The fourth-order valence-corrected chi connectivity index (χ4v) is 2.35. The van der Waals surface area contributed by atoms with Crippen LogP contribution < -0.4 is 10.1 Å². The lowest BCUT2D eigenvalue weighted by atomic mass is 10.1. The highest BCUT2D eigenvalue weighted by Crippen LogP contribution is 2.27. The zero-order valence-corrected chi connectivity index (χ0v) is 11.2. The maximum atomic E-state index is 14.0. The first-order chi connectivity index (χ1) is 9.78. The van der Waals surface area contributed by atoms with Crippen molar-refractivity contribution in [2.45, 2.75) is 25.3 Å². The number of hydrogen-bond acceptors (Lipinski definition) is 5. The van der Waals surface area contributed by atoms with E-state index in [2.05, 4.69) is 15.5 Å². The molecule has 1 N–H and O–H groups in total. The molecule has 20 heavy (non-hydrogen) atoms. The molecule has 0 saturated carbocycles. The molecule has 1 aliphatic heterocycles. The second kappa shape index (κ2) is 5.58. The van der Waals surface area contributed by atoms with Crippen LogP contribution in [0.4, 0.5) is 4.39 Å². The Hall–Kier alpha value is -1.95. The molecule has 106 valence electrons. The Bertz CT molecular complexity index is 594. The highest BCUT2D eigenvalue weighted by Gasteiger charge is 2.22. The second-order valence-corrected chi connectivity index (χ2v) is 4.80. The first kappa shape index (κ1) is 13.1. The molecule has 1 fully saturated rings. The predicted octanol–water partition coefficient (Wildman–Crippen LogP) is 2.70. The molecule has 0 amide bonds. The number of rotatable bonds is 3. The summed E-state index contributed by atoms with van der Waals surface area (Å²) >= 11 is 0. The standard InChI is InChI=1S/C14H16FN3O2/c1-19-9-5-6-10(11(15)8-9)13-17-14(20-18-13)12-4-2-3-7-16-12/h5-6,8,12,16H,2-4,7H2,1H3. The van der Waals surface area contributed by atoms with Crippen LogP contribution in [-0.2, 0) is 0 Å². The van der Waals surface area contributed by atoms with Crippen molar-refractivity contribution in [2.75, 3.05) is 13.7 Å². The Labute approximate surface area is 116 Å². The monoisotopic (exact) mass is 277 g/mol. The van der Waals surface area contributed by atoms with Gasteiger partial charge in [-0.1, -0.05) is 11.6 Å². The van der Waals surface area contributed by atoms with E-state index in [-0.39, 0.29) is 11.9 Å². The van der Waals surface area contributed by atoms with E-state index in [9.17, 15) is 4.39 Å². The summed E-state index contributed by atoms with van der Waals surface area (Å²) in [6.45, 7) is 0.944. The number of ether oxygens (including phenoxy) is 1. The minimum atomic E-state index is -0.423. The van der Waals surface area contributed by atoms with Gasteiger partial charge >= 0.3 is 0 Å². The molecule has 2 heterocycles. The van der Waals surface area contributed by atoms with Gasteiger partial charge in [-0.3, -0.25) is 0 Å². The Morgan fingerprint density at radius 1 is 1.40 bits per heavy atom. The average molecular weight is 277 g/mol. The highest BCUT2D eigenvalue weighted by molar-refractivity contribution is 5.56. The summed E-state index contributed by atoms with van der Waals surface area (Å²) in [7, 11) is 1.50. The van der Waals surface area contributed by atoms with Gasteiger partial charge in [0.05, 0.1) is 18.7 Å². The van der Waals surface area contributed by atoms with Crippen LogP contribution in [0.15, 0.2) is 22.7 Å². The Morgan fingerprint density at radius 2 is 2.30 bits per heavy atom. The fraction of sp³-hybridized carbons (Fsp3) is 0.429. The zero-order chi connectivity index (χ0) is 13.9. The summed E-state index contributed by atoms with van der Waals surface area (Å²) in [5, 5.41) is 7.19. The third kappa shape index (κ3) is 2.51. The molecule has 1 aliphatic rings. The van der Waals surface area contributed by atoms with E-state index in [0.717, 1.165) is 25.8 Å². The van der Waals surface area contributed by atoms with Gasteiger partial charge in [0, 0.05) is 6.07 Å². The van der Waals surface area contributed by atoms with E-state index in [1.54, 1.807) is 12.1 Å². The largest absolute Gasteiger partial charge is 0.497 e. The third-order valence-corrected chi connectivity index (χ3v) is 3.47. The van der Waals surface area contributed by atoms with E-state index in [1.807, 2.05) is 0 Å². The minimum absolute atomic E-state index is 0.0753. The molecule has 0 bridgehead atoms. The number of piperidine rings is 1. The van der Waals surface area contributed by atoms with Gasteiger partial charge in [-0.15, -0.1) is 0 Å². The third-order valence-electron chi connectivity index (χ3n) is 3.47. The van der Waals surface area contributed by atoms with Crippen molar-refractivity contribution in [1.82, 2.24) is 15.5 Å². The van der Waals surface area contributed by atoms with Gasteiger partial charge in [-0.25, -0.2) is 4.39 Å². The van der Waals surface area contributed by atoms with Crippen molar-refractivity contribution >= 4 is 0 Å². The molecular formula is C14H16FN3O2. The molecule has 0 aliphatic carbocycles. The van der Waals surface area contributed by atoms with Gasteiger partial charge < -0.3 is 14.6 Å². The maximum absolute atomic E-state index is 14.0. The van der Waals surface area contributed by atoms with Crippen molar-refractivity contribution < 1.29 is 13.7 Å². The topological polar surface area (TPSA) is 60.2 Å². The molecule has 1 aromatic heterocycles. The lowest BCUT2D eigenvalue weighted by Crippen LogP contribution is -2.26. The SMILES string of the molecule is COc1ccc(-c2noc(C3CCCCN3)n2)c(F)c1. The molecular weight excluding hydrogens is 261 g/mol. The molecule has 1 unspecified atom stereocenters. The molecule has 5 nitrogen and oxygen atoms in total.